The van der Waals surface area contributed by atoms with Crippen LogP contribution in [0, 0.1) is 12.7 Å². The van der Waals surface area contributed by atoms with Gasteiger partial charge in [0.25, 0.3) is 5.91 Å². The van der Waals surface area contributed by atoms with Gasteiger partial charge in [-0.05, 0) is 37.1 Å². The lowest BCUT2D eigenvalue weighted by Crippen LogP contribution is -2.26. The Morgan fingerprint density at radius 1 is 1.44 bits per heavy atom. The molecule has 4 nitrogen and oxygen atoms in total. The molecule has 100 valence electrons. The third kappa shape index (κ3) is 4.81. The molecule has 0 saturated heterocycles. The van der Waals surface area contributed by atoms with Gasteiger partial charge in [-0.2, -0.15) is 0 Å². The number of carbonyl (C=O) groups excluding carboxylic acids is 1. The Hall–Kier alpha value is -1.46. The fraction of sp³-hybridized carbons (Fsp3) is 0.462. The van der Waals surface area contributed by atoms with Crippen molar-refractivity contribution in [3.05, 3.63) is 35.1 Å². The van der Waals surface area contributed by atoms with Gasteiger partial charge in [-0.15, -0.1) is 0 Å². The zero-order valence-electron chi connectivity index (χ0n) is 10.4. The summed E-state index contributed by atoms with van der Waals surface area (Å²) >= 11 is 0. The monoisotopic (exact) mass is 255 g/mol. The molecule has 5 heteroatoms. The van der Waals surface area contributed by atoms with E-state index in [1.807, 2.05) is 0 Å². The van der Waals surface area contributed by atoms with E-state index in [1.165, 1.54) is 18.2 Å². The molecule has 0 radical (unpaired) electrons. The summed E-state index contributed by atoms with van der Waals surface area (Å²) in [6.07, 6.45) is 0.673. The van der Waals surface area contributed by atoms with E-state index in [9.17, 15) is 9.18 Å². The van der Waals surface area contributed by atoms with E-state index in [0.29, 0.717) is 37.3 Å². The van der Waals surface area contributed by atoms with Crippen molar-refractivity contribution in [3.8, 4) is 0 Å². The molecule has 0 fully saturated rings. The highest BCUT2D eigenvalue weighted by Crippen LogP contribution is 2.09. The first-order chi connectivity index (χ1) is 8.65. The van der Waals surface area contributed by atoms with E-state index >= 15 is 0 Å². The number of halogens is 1. The van der Waals surface area contributed by atoms with Crippen LogP contribution in [-0.4, -0.2) is 37.4 Å². The maximum atomic E-state index is 12.9. The standard InChI is InChI=1S/C13H18FNO3/c1-10-9-11(14)3-4-12(10)13(17)15-5-2-7-18-8-6-16/h3-4,9,16H,2,5-8H2,1H3,(H,15,17). The molecule has 18 heavy (non-hydrogen) atoms. The lowest BCUT2D eigenvalue weighted by Gasteiger charge is -2.07. The molecule has 0 aliphatic carbocycles. The van der Waals surface area contributed by atoms with E-state index in [1.54, 1.807) is 6.92 Å². The van der Waals surface area contributed by atoms with E-state index in [2.05, 4.69) is 5.32 Å². The van der Waals surface area contributed by atoms with Gasteiger partial charge in [-0.25, -0.2) is 4.39 Å². The molecule has 1 aromatic rings. The predicted molar refractivity (Wildman–Crippen MR) is 66.0 cm³/mol. The van der Waals surface area contributed by atoms with Gasteiger partial charge in [0.05, 0.1) is 13.2 Å². The van der Waals surface area contributed by atoms with Crippen LogP contribution in [0.3, 0.4) is 0 Å². The topological polar surface area (TPSA) is 58.6 Å². The SMILES string of the molecule is Cc1cc(F)ccc1C(=O)NCCCOCCO. The van der Waals surface area contributed by atoms with Gasteiger partial charge in [0.15, 0.2) is 0 Å². The summed E-state index contributed by atoms with van der Waals surface area (Å²) in [7, 11) is 0. The molecule has 0 aromatic heterocycles. The summed E-state index contributed by atoms with van der Waals surface area (Å²) in [6.45, 7) is 2.98. The molecule has 1 rings (SSSR count). The third-order valence-electron chi connectivity index (χ3n) is 2.42. The molecule has 0 aliphatic heterocycles. The predicted octanol–water partition coefficient (Wildman–Crippen LogP) is 1.26. The van der Waals surface area contributed by atoms with Crippen LogP contribution in [0.25, 0.3) is 0 Å². The van der Waals surface area contributed by atoms with Crippen LogP contribution in [0.2, 0.25) is 0 Å². The number of hydrogen-bond donors (Lipinski definition) is 2. The second kappa shape index (κ2) is 7.79. The van der Waals surface area contributed by atoms with Gasteiger partial charge >= 0.3 is 0 Å². The summed E-state index contributed by atoms with van der Waals surface area (Å²) in [5.41, 5.74) is 1.09. The van der Waals surface area contributed by atoms with Crippen molar-refractivity contribution in [1.29, 1.82) is 0 Å². The zero-order chi connectivity index (χ0) is 13.4. The van der Waals surface area contributed by atoms with Gasteiger partial charge in [0.2, 0.25) is 0 Å². The summed E-state index contributed by atoms with van der Waals surface area (Å²) in [4.78, 5) is 11.8. The largest absolute Gasteiger partial charge is 0.394 e. The number of carbonyl (C=O) groups is 1. The smallest absolute Gasteiger partial charge is 0.251 e. The van der Waals surface area contributed by atoms with Gasteiger partial charge in [0, 0.05) is 18.7 Å². The first kappa shape index (κ1) is 14.6. The number of nitrogens with one attached hydrogen (secondary N) is 1. The molecule has 0 heterocycles. The summed E-state index contributed by atoms with van der Waals surface area (Å²) < 4.78 is 17.9. The minimum Gasteiger partial charge on any atom is -0.394 e. The minimum absolute atomic E-state index is 0.00112. The number of hydrogen-bond acceptors (Lipinski definition) is 3. The first-order valence-corrected chi connectivity index (χ1v) is 5.88. The molecule has 1 amide bonds. The maximum Gasteiger partial charge on any atom is 0.251 e. The summed E-state index contributed by atoms with van der Waals surface area (Å²) in [5, 5.41) is 11.2. The van der Waals surface area contributed by atoms with Gasteiger partial charge < -0.3 is 15.2 Å². The third-order valence-corrected chi connectivity index (χ3v) is 2.42. The first-order valence-electron chi connectivity index (χ1n) is 5.88. The van der Waals surface area contributed by atoms with E-state index < -0.39 is 0 Å². The Morgan fingerprint density at radius 3 is 2.89 bits per heavy atom. The van der Waals surface area contributed by atoms with Crippen molar-refractivity contribution in [2.24, 2.45) is 0 Å². The molecule has 0 saturated carbocycles. The number of aliphatic hydroxyl groups excluding tert-OH is 1. The lowest BCUT2D eigenvalue weighted by molar-refractivity contribution is 0.0867. The van der Waals surface area contributed by atoms with Crippen molar-refractivity contribution in [2.45, 2.75) is 13.3 Å². The minimum atomic E-state index is -0.346. The van der Waals surface area contributed by atoms with Crippen molar-refractivity contribution in [2.75, 3.05) is 26.4 Å². The Kier molecular flexibility index (Phi) is 6.32. The zero-order valence-corrected chi connectivity index (χ0v) is 10.4. The van der Waals surface area contributed by atoms with Crippen LogP contribution >= 0.6 is 0 Å². The molecule has 2 N–H and O–H groups in total. The Morgan fingerprint density at radius 2 is 2.22 bits per heavy atom. The molecule has 0 unspecified atom stereocenters. The molecule has 1 aromatic carbocycles. The highest BCUT2D eigenvalue weighted by atomic mass is 19.1. The van der Waals surface area contributed by atoms with Crippen LogP contribution in [0.15, 0.2) is 18.2 Å². The Bertz CT molecular complexity index is 396. The normalized spacial score (nSPS) is 10.4. The number of amides is 1. The summed E-state index contributed by atoms with van der Waals surface area (Å²) in [6, 6.07) is 4.08. The van der Waals surface area contributed by atoms with Crippen LogP contribution in [0.5, 0.6) is 0 Å². The maximum absolute atomic E-state index is 12.9. The fourth-order valence-corrected chi connectivity index (χ4v) is 1.52. The van der Waals surface area contributed by atoms with Gasteiger partial charge in [-0.3, -0.25) is 4.79 Å². The summed E-state index contributed by atoms with van der Waals surface area (Å²) in [5.74, 6) is -0.559. The van der Waals surface area contributed by atoms with Crippen LogP contribution < -0.4 is 5.32 Å². The fourth-order valence-electron chi connectivity index (χ4n) is 1.52. The van der Waals surface area contributed by atoms with Crippen molar-refractivity contribution in [3.63, 3.8) is 0 Å². The van der Waals surface area contributed by atoms with Crippen LogP contribution in [0.1, 0.15) is 22.3 Å². The second-order valence-electron chi connectivity index (χ2n) is 3.90. The van der Waals surface area contributed by atoms with Crippen molar-refractivity contribution < 1.29 is 19.0 Å². The Labute approximate surface area is 106 Å². The molecular weight excluding hydrogens is 237 g/mol. The van der Waals surface area contributed by atoms with E-state index in [4.69, 9.17) is 9.84 Å². The van der Waals surface area contributed by atoms with E-state index in [-0.39, 0.29) is 18.3 Å². The highest BCUT2D eigenvalue weighted by molar-refractivity contribution is 5.95. The quantitative estimate of drug-likeness (QED) is 0.721. The lowest BCUT2D eigenvalue weighted by atomic mass is 10.1. The average molecular weight is 255 g/mol. The highest BCUT2D eigenvalue weighted by Gasteiger charge is 2.08. The Balaban J connectivity index is 2.32. The molecule has 0 bridgehead atoms. The van der Waals surface area contributed by atoms with E-state index in [0.717, 1.165) is 0 Å². The molecule has 0 atom stereocenters. The molecular formula is C13H18FNO3. The molecule has 0 aliphatic rings. The van der Waals surface area contributed by atoms with Crippen LogP contribution in [-0.2, 0) is 4.74 Å². The van der Waals surface area contributed by atoms with Gasteiger partial charge in [0.1, 0.15) is 5.82 Å². The number of ether oxygens (including phenoxy) is 1. The number of aliphatic hydroxyl groups is 1. The van der Waals surface area contributed by atoms with Crippen molar-refractivity contribution >= 4 is 5.91 Å². The van der Waals surface area contributed by atoms with Gasteiger partial charge in [-0.1, -0.05) is 0 Å². The number of aryl methyl sites for hydroxylation is 1. The second-order valence-corrected chi connectivity index (χ2v) is 3.90. The average Bonchev–Trinajstić information content (AvgIpc) is 2.33. The number of rotatable bonds is 7. The molecule has 0 spiro atoms. The van der Waals surface area contributed by atoms with Crippen molar-refractivity contribution in [1.82, 2.24) is 5.32 Å². The number of benzene rings is 1. The van der Waals surface area contributed by atoms with Crippen LogP contribution in [0.4, 0.5) is 4.39 Å².